The zero-order valence-corrected chi connectivity index (χ0v) is 18.6. The topological polar surface area (TPSA) is 98.6 Å². The van der Waals surface area contributed by atoms with E-state index in [2.05, 4.69) is 15.4 Å². The number of aryl methyl sites for hydroxylation is 1. The fourth-order valence-electron chi connectivity index (χ4n) is 3.70. The summed E-state index contributed by atoms with van der Waals surface area (Å²) in [6.07, 6.45) is 2.24. The van der Waals surface area contributed by atoms with Gasteiger partial charge in [0.25, 0.3) is 11.8 Å². The van der Waals surface area contributed by atoms with Crippen LogP contribution in [-0.2, 0) is 7.05 Å². The summed E-state index contributed by atoms with van der Waals surface area (Å²) in [5, 5.41) is 7.87. The molecule has 1 aliphatic rings. The van der Waals surface area contributed by atoms with Crippen molar-refractivity contribution in [2.24, 2.45) is 7.05 Å². The normalized spacial score (nSPS) is 15.1. The first-order valence-electron chi connectivity index (χ1n) is 9.92. The molecule has 1 aliphatic heterocycles. The third-order valence-electron chi connectivity index (χ3n) is 5.24. The predicted molar refractivity (Wildman–Crippen MR) is 119 cm³/mol. The van der Waals surface area contributed by atoms with Gasteiger partial charge >= 0.3 is 0 Å². The van der Waals surface area contributed by atoms with Crippen LogP contribution >= 0.6 is 11.6 Å². The minimum absolute atomic E-state index is 0.175. The molecule has 0 spiro atoms. The zero-order chi connectivity index (χ0) is 22.8. The van der Waals surface area contributed by atoms with E-state index in [0.29, 0.717) is 46.4 Å². The summed E-state index contributed by atoms with van der Waals surface area (Å²) in [6.45, 7) is 0.375. The Morgan fingerprint density at radius 3 is 2.62 bits per heavy atom. The number of benzene rings is 1. The highest BCUT2D eigenvalue weighted by atomic mass is 35.5. The smallest absolute Gasteiger partial charge is 0.263 e. The number of methoxy groups -OCH3 is 2. The van der Waals surface area contributed by atoms with E-state index in [1.807, 2.05) is 0 Å². The lowest BCUT2D eigenvalue weighted by Crippen LogP contribution is -2.41. The molecule has 1 N–H and O–H groups in total. The molecule has 9 nitrogen and oxygen atoms in total. The Morgan fingerprint density at radius 2 is 1.91 bits per heavy atom. The van der Waals surface area contributed by atoms with Crippen molar-refractivity contribution >= 4 is 29.1 Å². The lowest BCUT2D eigenvalue weighted by atomic mass is 10.0. The van der Waals surface area contributed by atoms with Crippen LogP contribution in [0.5, 0.6) is 11.8 Å². The van der Waals surface area contributed by atoms with E-state index in [1.54, 1.807) is 59.2 Å². The largest absolute Gasteiger partial charge is 0.481 e. The van der Waals surface area contributed by atoms with Gasteiger partial charge in [-0.15, -0.1) is 0 Å². The van der Waals surface area contributed by atoms with Crippen LogP contribution in [-0.4, -0.2) is 47.3 Å². The van der Waals surface area contributed by atoms with Gasteiger partial charge in [-0.25, -0.2) is 0 Å². The summed E-state index contributed by atoms with van der Waals surface area (Å²) in [4.78, 5) is 32.0. The highest BCUT2D eigenvalue weighted by Gasteiger charge is 2.34. The molecule has 166 valence electrons. The third kappa shape index (κ3) is 3.99. The first-order valence-corrected chi connectivity index (χ1v) is 10.3. The van der Waals surface area contributed by atoms with Crippen LogP contribution in [0.4, 0.5) is 5.69 Å². The van der Waals surface area contributed by atoms with E-state index >= 15 is 0 Å². The third-order valence-corrected chi connectivity index (χ3v) is 5.57. The van der Waals surface area contributed by atoms with Gasteiger partial charge in [-0.1, -0.05) is 23.7 Å². The number of fused-ring (bicyclic) bond motifs is 1. The monoisotopic (exact) mass is 455 g/mol. The van der Waals surface area contributed by atoms with Crippen molar-refractivity contribution in [3.63, 3.8) is 0 Å². The molecule has 10 heteroatoms. The second-order valence-electron chi connectivity index (χ2n) is 7.24. The second-order valence-corrected chi connectivity index (χ2v) is 7.64. The lowest BCUT2D eigenvalue weighted by molar-refractivity contribution is 0.0932. The van der Waals surface area contributed by atoms with E-state index in [9.17, 15) is 9.59 Å². The van der Waals surface area contributed by atoms with Crippen molar-refractivity contribution < 1.29 is 19.1 Å². The fourth-order valence-corrected chi connectivity index (χ4v) is 3.92. The molecule has 2 amide bonds. The predicted octanol–water partition coefficient (Wildman–Crippen LogP) is 3.01. The number of halogens is 1. The van der Waals surface area contributed by atoms with Gasteiger partial charge in [0.1, 0.15) is 11.3 Å². The number of rotatable bonds is 5. The first-order chi connectivity index (χ1) is 15.4. The van der Waals surface area contributed by atoms with Crippen molar-refractivity contribution in [3.05, 3.63) is 64.4 Å². The molecule has 1 aromatic carbocycles. The molecule has 0 fully saturated rings. The Balaban J connectivity index is 1.62. The van der Waals surface area contributed by atoms with Crippen LogP contribution in [0, 0.1) is 0 Å². The molecule has 0 saturated carbocycles. The van der Waals surface area contributed by atoms with Gasteiger partial charge in [-0.2, -0.15) is 10.1 Å². The van der Waals surface area contributed by atoms with E-state index in [1.165, 1.54) is 14.2 Å². The zero-order valence-electron chi connectivity index (χ0n) is 17.8. The Labute approximate surface area is 189 Å². The maximum absolute atomic E-state index is 13.4. The maximum atomic E-state index is 13.4. The van der Waals surface area contributed by atoms with Gasteiger partial charge in [0, 0.05) is 25.9 Å². The molecular formula is C22H22ClN5O4. The van der Waals surface area contributed by atoms with Gasteiger partial charge in [-0.3, -0.25) is 14.3 Å². The van der Waals surface area contributed by atoms with Crippen LogP contribution in [0.2, 0.25) is 5.02 Å². The molecule has 4 rings (SSSR count). The van der Waals surface area contributed by atoms with Crippen LogP contribution in [0.15, 0.2) is 42.6 Å². The maximum Gasteiger partial charge on any atom is 0.263 e. The number of nitrogens with one attached hydrogen (secondary N) is 1. The van der Waals surface area contributed by atoms with Gasteiger partial charge in [-0.05, 0) is 24.6 Å². The van der Waals surface area contributed by atoms with Crippen molar-refractivity contribution in [2.75, 3.05) is 25.7 Å². The van der Waals surface area contributed by atoms with E-state index < -0.39 is 0 Å². The molecule has 3 heterocycles. The van der Waals surface area contributed by atoms with Crippen LogP contribution in [0.3, 0.4) is 0 Å². The lowest BCUT2D eigenvalue weighted by Gasteiger charge is -2.31. The van der Waals surface area contributed by atoms with Crippen LogP contribution in [0.1, 0.15) is 38.9 Å². The van der Waals surface area contributed by atoms with Crippen LogP contribution < -0.4 is 19.7 Å². The van der Waals surface area contributed by atoms with E-state index in [4.69, 9.17) is 21.1 Å². The molecule has 0 bridgehead atoms. The number of aromatic nitrogens is 3. The summed E-state index contributed by atoms with van der Waals surface area (Å²) in [5.41, 5.74) is 1.92. The number of anilines is 1. The summed E-state index contributed by atoms with van der Waals surface area (Å²) in [7, 11) is 4.71. The number of carbonyl (C=O) groups is 2. The van der Waals surface area contributed by atoms with Gasteiger partial charge in [0.2, 0.25) is 11.8 Å². The van der Waals surface area contributed by atoms with E-state index in [0.717, 1.165) is 0 Å². The molecular weight excluding hydrogens is 434 g/mol. The number of amides is 2. The Bertz CT molecular complexity index is 1180. The minimum Gasteiger partial charge on any atom is -0.481 e. The fraction of sp³-hybridized carbons (Fsp3) is 0.273. The number of ether oxygens (including phenoxy) is 2. The summed E-state index contributed by atoms with van der Waals surface area (Å²) < 4.78 is 12.0. The van der Waals surface area contributed by atoms with Gasteiger partial charge in [0.15, 0.2) is 0 Å². The summed E-state index contributed by atoms with van der Waals surface area (Å²) in [6, 6.07) is 9.71. The standard InChI is InChI=1S/C22H22ClN5O4/c1-27-12-17-19(26-27)16(24-20(29)13-6-4-5-7-15(13)23)10-11-28(17)22(30)14-8-9-18(31-2)25-21(14)32-3/h4-9,12,16H,10-11H2,1-3H3,(H,24,29). The molecule has 0 saturated heterocycles. The van der Waals surface area contributed by atoms with Crippen molar-refractivity contribution in [1.29, 1.82) is 0 Å². The molecule has 3 aromatic rings. The molecule has 0 aliphatic carbocycles. The number of pyridine rings is 1. The van der Waals surface area contributed by atoms with Crippen molar-refractivity contribution in [1.82, 2.24) is 20.1 Å². The Morgan fingerprint density at radius 1 is 1.12 bits per heavy atom. The molecule has 1 atom stereocenters. The summed E-state index contributed by atoms with van der Waals surface area (Å²) in [5.74, 6) is -0.0458. The molecule has 0 radical (unpaired) electrons. The quantitative estimate of drug-likeness (QED) is 0.635. The highest BCUT2D eigenvalue weighted by Crippen LogP contribution is 2.35. The molecule has 32 heavy (non-hydrogen) atoms. The van der Waals surface area contributed by atoms with Crippen molar-refractivity contribution in [2.45, 2.75) is 12.5 Å². The number of carbonyl (C=O) groups excluding carboxylic acids is 2. The average Bonchev–Trinajstić information content (AvgIpc) is 3.20. The molecule has 2 aromatic heterocycles. The van der Waals surface area contributed by atoms with E-state index in [-0.39, 0.29) is 23.7 Å². The Kier molecular flexibility index (Phi) is 6.00. The second kappa shape index (κ2) is 8.88. The molecule has 1 unspecified atom stereocenters. The minimum atomic E-state index is -0.366. The number of hydrogen-bond acceptors (Lipinski definition) is 6. The van der Waals surface area contributed by atoms with Crippen LogP contribution in [0.25, 0.3) is 0 Å². The highest BCUT2D eigenvalue weighted by molar-refractivity contribution is 6.33. The first kappa shape index (κ1) is 21.6. The summed E-state index contributed by atoms with van der Waals surface area (Å²) >= 11 is 6.16. The van der Waals surface area contributed by atoms with Gasteiger partial charge in [0.05, 0.1) is 36.5 Å². The number of hydrogen-bond donors (Lipinski definition) is 1. The van der Waals surface area contributed by atoms with Crippen molar-refractivity contribution in [3.8, 4) is 11.8 Å². The number of nitrogens with zero attached hydrogens (tertiary/aromatic N) is 4. The van der Waals surface area contributed by atoms with Gasteiger partial charge < -0.3 is 19.7 Å². The SMILES string of the molecule is COc1ccc(C(=O)N2CCC(NC(=O)c3ccccc3Cl)c3nn(C)cc32)c(OC)n1. The Hall–Kier alpha value is -3.59. The average molecular weight is 456 g/mol.